The van der Waals surface area contributed by atoms with Crippen molar-refractivity contribution in [1.82, 2.24) is 5.16 Å². The van der Waals surface area contributed by atoms with Crippen molar-refractivity contribution in [3.63, 3.8) is 0 Å². The SMILES string of the molecule is OCc1c(-c2cccc(Br)c2)noc1-c1cccc(Cl)c1. The molecular weight excluding hydrogens is 354 g/mol. The normalized spacial score (nSPS) is 10.8. The molecule has 2 aromatic carbocycles. The summed E-state index contributed by atoms with van der Waals surface area (Å²) < 4.78 is 6.38. The highest BCUT2D eigenvalue weighted by Gasteiger charge is 2.18. The maximum atomic E-state index is 9.70. The Balaban J connectivity index is 2.13. The first kappa shape index (κ1) is 14.3. The van der Waals surface area contributed by atoms with Gasteiger partial charge in [0.05, 0.1) is 12.2 Å². The van der Waals surface area contributed by atoms with Gasteiger partial charge in [0.15, 0.2) is 5.76 Å². The number of benzene rings is 2. The molecule has 0 bridgehead atoms. The van der Waals surface area contributed by atoms with E-state index in [2.05, 4.69) is 21.1 Å². The van der Waals surface area contributed by atoms with Crippen molar-refractivity contribution >= 4 is 27.5 Å². The molecule has 0 radical (unpaired) electrons. The first-order valence-corrected chi connectivity index (χ1v) is 7.47. The Hall–Kier alpha value is -1.62. The quantitative estimate of drug-likeness (QED) is 0.718. The van der Waals surface area contributed by atoms with E-state index in [1.54, 1.807) is 12.1 Å². The number of halogens is 2. The van der Waals surface area contributed by atoms with E-state index in [0.717, 1.165) is 15.6 Å². The van der Waals surface area contributed by atoms with Gasteiger partial charge in [0.25, 0.3) is 0 Å². The van der Waals surface area contributed by atoms with Gasteiger partial charge in [-0.3, -0.25) is 0 Å². The second-order valence-corrected chi connectivity index (χ2v) is 5.87. The van der Waals surface area contributed by atoms with Gasteiger partial charge < -0.3 is 9.63 Å². The van der Waals surface area contributed by atoms with Crippen LogP contribution in [0.3, 0.4) is 0 Å². The summed E-state index contributed by atoms with van der Waals surface area (Å²) in [4.78, 5) is 0. The van der Waals surface area contributed by atoms with Crippen LogP contribution in [0.15, 0.2) is 57.5 Å². The van der Waals surface area contributed by atoms with Gasteiger partial charge in [0.2, 0.25) is 0 Å². The summed E-state index contributed by atoms with van der Waals surface area (Å²) in [5.41, 5.74) is 2.95. The average Bonchev–Trinajstić information content (AvgIpc) is 2.91. The molecule has 1 aromatic heterocycles. The molecule has 0 spiro atoms. The van der Waals surface area contributed by atoms with Crippen LogP contribution in [0.1, 0.15) is 5.56 Å². The third-order valence-corrected chi connectivity index (χ3v) is 3.86. The van der Waals surface area contributed by atoms with Crippen molar-refractivity contribution in [2.24, 2.45) is 0 Å². The Labute approximate surface area is 135 Å². The van der Waals surface area contributed by atoms with Crippen molar-refractivity contribution in [3.8, 4) is 22.6 Å². The molecule has 21 heavy (non-hydrogen) atoms. The van der Waals surface area contributed by atoms with Gasteiger partial charge in [-0.2, -0.15) is 0 Å². The van der Waals surface area contributed by atoms with Crippen LogP contribution in [0.2, 0.25) is 5.02 Å². The fourth-order valence-electron chi connectivity index (χ4n) is 2.18. The first-order chi connectivity index (χ1) is 10.2. The molecule has 5 heteroatoms. The molecule has 0 saturated heterocycles. The summed E-state index contributed by atoms with van der Waals surface area (Å²) in [6, 6.07) is 15.0. The summed E-state index contributed by atoms with van der Waals surface area (Å²) in [7, 11) is 0. The molecule has 1 heterocycles. The smallest absolute Gasteiger partial charge is 0.173 e. The molecule has 0 amide bonds. The van der Waals surface area contributed by atoms with E-state index >= 15 is 0 Å². The van der Waals surface area contributed by atoms with Crippen molar-refractivity contribution < 1.29 is 9.63 Å². The van der Waals surface area contributed by atoms with Gasteiger partial charge in [-0.25, -0.2) is 0 Å². The standard InChI is InChI=1S/C16H11BrClNO2/c17-12-5-1-3-10(7-12)15-14(9-20)16(21-19-15)11-4-2-6-13(18)8-11/h1-8,20H,9H2. The molecule has 0 unspecified atom stereocenters. The van der Waals surface area contributed by atoms with E-state index in [1.165, 1.54) is 0 Å². The number of rotatable bonds is 3. The Morgan fingerprint density at radius 2 is 1.86 bits per heavy atom. The Morgan fingerprint density at radius 1 is 1.10 bits per heavy atom. The molecule has 0 fully saturated rings. The summed E-state index contributed by atoms with van der Waals surface area (Å²) in [6.45, 7) is -0.160. The van der Waals surface area contributed by atoms with Crippen LogP contribution < -0.4 is 0 Å². The topological polar surface area (TPSA) is 46.3 Å². The highest BCUT2D eigenvalue weighted by atomic mass is 79.9. The monoisotopic (exact) mass is 363 g/mol. The number of aliphatic hydroxyl groups excluding tert-OH is 1. The summed E-state index contributed by atoms with van der Waals surface area (Å²) >= 11 is 9.43. The largest absolute Gasteiger partial charge is 0.391 e. The third-order valence-electron chi connectivity index (χ3n) is 3.13. The Kier molecular flexibility index (Phi) is 4.10. The average molecular weight is 365 g/mol. The van der Waals surface area contributed by atoms with Crippen LogP contribution in [0.25, 0.3) is 22.6 Å². The number of aromatic nitrogens is 1. The van der Waals surface area contributed by atoms with Crippen LogP contribution in [-0.2, 0) is 6.61 Å². The predicted octanol–water partition coefficient (Wildman–Crippen LogP) is 4.92. The van der Waals surface area contributed by atoms with E-state index in [-0.39, 0.29) is 6.61 Å². The molecule has 0 aliphatic carbocycles. The molecule has 3 aromatic rings. The van der Waals surface area contributed by atoms with Crippen molar-refractivity contribution in [2.45, 2.75) is 6.61 Å². The van der Waals surface area contributed by atoms with E-state index in [9.17, 15) is 5.11 Å². The fourth-order valence-corrected chi connectivity index (χ4v) is 2.76. The lowest BCUT2D eigenvalue weighted by atomic mass is 10.0. The van der Waals surface area contributed by atoms with Gasteiger partial charge in [-0.05, 0) is 24.3 Å². The molecule has 106 valence electrons. The molecule has 0 aliphatic heterocycles. The van der Waals surface area contributed by atoms with Gasteiger partial charge in [-0.15, -0.1) is 0 Å². The number of aliphatic hydroxyl groups is 1. The minimum Gasteiger partial charge on any atom is -0.391 e. The highest BCUT2D eigenvalue weighted by molar-refractivity contribution is 9.10. The lowest BCUT2D eigenvalue weighted by Gasteiger charge is -2.02. The zero-order valence-corrected chi connectivity index (χ0v) is 13.2. The minimum atomic E-state index is -0.160. The van der Waals surface area contributed by atoms with Crippen molar-refractivity contribution in [3.05, 3.63) is 63.6 Å². The second-order valence-electron chi connectivity index (χ2n) is 4.52. The maximum Gasteiger partial charge on any atom is 0.173 e. The van der Waals surface area contributed by atoms with Gasteiger partial charge >= 0.3 is 0 Å². The molecule has 3 rings (SSSR count). The third kappa shape index (κ3) is 2.88. The van der Waals surface area contributed by atoms with Gasteiger partial charge in [0.1, 0.15) is 5.69 Å². The first-order valence-electron chi connectivity index (χ1n) is 6.30. The van der Waals surface area contributed by atoms with Gasteiger partial charge in [-0.1, -0.05) is 57.0 Å². The maximum absolute atomic E-state index is 9.70. The minimum absolute atomic E-state index is 0.160. The predicted molar refractivity (Wildman–Crippen MR) is 86.0 cm³/mol. The van der Waals surface area contributed by atoms with Crippen LogP contribution in [0.4, 0.5) is 0 Å². The van der Waals surface area contributed by atoms with E-state index in [1.807, 2.05) is 36.4 Å². The molecule has 3 nitrogen and oxygen atoms in total. The lowest BCUT2D eigenvalue weighted by molar-refractivity contribution is 0.281. The zero-order chi connectivity index (χ0) is 14.8. The molecule has 0 saturated carbocycles. The van der Waals surface area contributed by atoms with Crippen LogP contribution in [0.5, 0.6) is 0 Å². The van der Waals surface area contributed by atoms with Crippen LogP contribution in [0, 0.1) is 0 Å². The van der Waals surface area contributed by atoms with E-state index in [4.69, 9.17) is 16.1 Å². The second kappa shape index (κ2) is 6.02. The summed E-state index contributed by atoms with van der Waals surface area (Å²) in [5.74, 6) is 0.537. The fraction of sp³-hybridized carbons (Fsp3) is 0.0625. The molecule has 0 atom stereocenters. The molecule has 0 aliphatic rings. The van der Waals surface area contributed by atoms with Crippen LogP contribution in [-0.4, -0.2) is 10.3 Å². The zero-order valence-electron chi connectivity index (χ0n) is 10.9. The molecule has 1 N–H and O–H groups in total. The van der Waals surface area contributed by atoms with Crippen molar-refractivity contribution in [1.29, 1.82) is 0 Å². The summed E-state index contributed by atoms with van der Waals surface area (Å²) in [5, 5.41) is 14.4. The Morgan fingerprint density at radius 3 is 2.57 bits per heavy atom. The summed E-state index contributed by atoms with van der Waals surface area (Å²) in [6.07, 6.45) is 0. The number of hydrogen-bond acceptors (Lipinski definition) is 3. The van der Waals surface area contributed by atoms with E-state index in [0.29, 0.717) is 22.0 Å². The van der Waals surface area contributed by atoms with E-state index < -0.39 is 0 Å². The highest BCUT2D eigenvalue weighted by Crippen LogP contribution is 2.34. The lowest BCUT2D eigenvalue weighted by Crippen LogP contribution is -1.89. The van der Waals surface area contributed by atoms with Crippen LogP contribution >= 0.6 is 27.5 Å². The number of hydrogen-bond donors (Lipinski definition) is 1. The van der Waals surface area contributed by atoms with Gasteiger partial charge in [0, 0.05) is 20.6 Å². The molecular formula is C16H11BrClNO2. The Bertz CT molecular complexity index is 722. The number of nitrogens with zero attached hydrogens (tertiary/aromatic N) is 1. The van der Waals surface area contributed by atoms with Crippen molar-refractivity contribution in [2.75, 3.05) is 0 Å².